The minimum atomic E-state index is -0.398. The summed E-state index contributed by atoms with van der Waals surface area (Å²) in [5.41, 5.74) is 1.34. The third-order valence-electron chi connectivity index (χ3n) is 4.52. The first kappa shape index (κ1) is 22.6. The smallest absolute Gasteiger partial charge is 0.319 e. The van der Waals surface area contributed by atoms with Crippen molar-refractivity contribution >= 4 is 17.6 Å². The first-order chi connectivity index (χ1) is 15.6. The number of carbonyl (C=O) groups excluding carboxylic acids is 2. The molecule has 7 nitrogen and oxygen atoms in total. The Hall–Kier alpha value is -4.07. The molecule has 0 aliphatic carbocycles. The van der Waals surface area contributed by atoms with Crippen LogP contribution in [0.3, 0.4) is 0 Å². The van der Waals surface area contributed by atoms with Crippen molar-refractivity contribution in [3.63, 3.8) is 0 Å². The van der Waals surface area contributed by atoms with E-state index >= 15 is 0 Å². The Balaban J connectivity index is 1.41. The lowest BCUT2D eigenvalue weighted by Gasteiger charge is -2.11. The fourth-order valence-corrected chi connectivity index (χ4v) is 2.86. The van der Waals surface area contributed by atoms with Crippen LogP contribution in [0.25, 0.3) is 0 Å². The summed E-state index contributed by atoms with van der Waals surface area (Å²) >= 11 is 0. The molecule has 3 aromatic rings. The van der Waals surface area contributed by atoms with Gasteiger partial charge in [0.2, 0.25) is 0 Å². The van der Waals surface area contributed by atoms with Crippen molar-refractivity contribution in [1.29, 1.82) is 0 Å². The quantitative estimate of drug-likeness (QED) is 0.442. The number of para-hydroxylation sites is 2. The molecule has 0 unspecified atom stereocenters. The van der Waals surface area contributed by atoms with Gasteiger partial charge in [0, 0.05) is 23.4 Å². The number of hydrogen-bond donors (Lipinski definition) is 3. The Morgan fingerprint density at radius 2 is 1.56 bits per heavy atom. The lowest BCUT2D eigenvalue weighted by Crippen LogP contribution is -2.32. The SMILES string of the molecule is COc1ccccc1OCCNC(=O)Nc1ccc(C(=O)NCc2ccccc2F)cc1. The highest BCUT2D eigenvalue weighted by atomic mass is 19.1. The van der Waals surface area contributed by atoms with E-state index in [1.54, 1.807) is 61.7 Å². The Labute approximate surface area is 185 Å². The molecule has 0 fully saturated rings. The lowest BCUT2D eigenvalue weighted by molar-refractivity contribution is 0.0950. The molecule has 0 atom stereocenters. The van der Waals surface area contributed by atoms with E-state index in [1.807, 2.05) is 12.1 Å². The average molecular weight is 437 g/mol. The second kappa shape index (κ2) is 11.4. The van der Waals surface area contributed by atoms with Crippen molar-refractivity contribution in [2.24, 2.45) is 0 Å². The summed E-state index contributed by atoms with van der Waals surface area (Å²) in [5, 5.41) is 8.04. The van der Waals surface area contributed by atoms with Gasteiger partial charge in [-0.25, -0.2) is 9.18 Å². The molecular weight excluding hydrogens is 413 g/mol. The summed E-state index contributed by atoms with van der Waals surface area (Å²) in [6.45, 7) is 0.653. The lowest BCUT2D eigenvalue weighted by atomic mass is 10.1. The van der Waals surface area contributed by atoms with Crippen LogP contribution < -0.4 is 25.4 Å². The minimum Gasteiger partial charge on any atom is -0.493 e. The van der Waals surface area contributed by atoms with Crippen LogP contribution in [0.4, 0.5) is 14.9 Å². The van der Waals surface area contributed by atoms with Crippen molar-refractivity contribution in [3.8, 4) is 11.5 Å². The first-order valence-corrected chi connectivity index (χ1v) is 9.99. The van der Waals surface area contributed by atoms with Crippen molar-refractivity contribution in [2.75, 3.05) is 25.6 Å². The molecule has 0 saturated heterocycles. The second-order valence-corrected chi connectivity index (χ2v) is 6.73. The standard InChI is InChI=1S/C24H24FN3O4/c1-31-21-8-4-5-9-22(21)32-15-14-26-24(30)28-19-12-10-17(11-13-19)23(29)27-16-18-6-2-3-7-20(18)25/h2-13H,14-16H2,1H3,(H,27,29)(H2,26,28,30). The summed E-state index contributed by atoms with van der Waals surface area (Å²) < 4.78 is 24.4. The van der Waals surface area contributed by atoms with E-state index in [1.165, 1.54) is 6.07 Å². The van der Waals surface area contributed by atoms with Gasteiger partial charge in [-0.3, -0.25) is 4.79 Å². The van der Waals surface area contributed by atoms with E-state index < -0.39 is 6.03 Å². The van der Waals surface area contributed by atoms with Crippen LogP contribution in [0.15, 0.2) is 72.8 Å². The fourth-order valence-electron chi connectivity index (χ4n) is 2.86. The van der Waals surface area contributed by atoms with Gasteiger partial charge in [0.15, 0.2) is 11.5 Å². The molecule has 0 bridgehead atoms. The number of urea groups is 1. The Morgan fingerprint density at radius 3 is 2.28 bits per heavy atom. The number of rotatable bonds is 9. The molecule has 8 heteroatoms. The van der Waals surface area contributed by atoms with Crippen molar-refractivity contribution in [2.45, 2.75) is 6.54 Å². The summed E-state index contributed by atoms with van der Waals surface area (Å²) in [7, 11) is 1.56. The molecule has 0 radical (unpaired) electrons. The van der Waals surface area contributed by atoms with E-state index in [2.05, 4.69) is 16.0 Å². The van der Waals surface area contributed by atoms with Gasteiger partial charge in [-0.1, -0.05) is 30.3 Å². The Kier molecular flexibility index (Phi) is 8.02. The maximum atomic E-state index is 13.6. The first-order valence-electron chi connectivity index (χ1n) is 9.99. The van der Waals surface area contributed by atoms with Gasteiger partial charge in [-0.2, -0.15) is 0 Å². The monoisotopic (exact) mass is 437 g/mol. The van der Waals surface area contributed by atoms with Gasteiger partial charge < -0.3 is 25.4 Å². The number of carbonyl (C=O) groups is 2. The van der Waals surface area contributed by atoms with E-state index in [0.717, 1.165) is 0 Å². The summed E-state index contributed by atoms with van der Waals surface area (Å²) in [5.74, 6) is 0.514. The molecule has 3 rings (SSSR count). The summed E-state index contributed by atoms with van der Waals surface area (Å²) in [6, 6.07) is 19.5. The van der Waals surface area contributed by atoms with E-state index in [4.69, 9.17) is 9.47 Å². The molecule has 0 spiro atoms. The summed E-state index contributed by atoms with van der Waals surface area (Å²) in [4.78, 5) is 24.3. The van der Waals surface area contributed by atoms with E-state index in [0.29, 0.717) is 34.9 Å². The molecule has 0 heterocycles. The van der Waals surface area contributed by atoms with Gasteiger partial charge >= 0.3 is 6.03 Å². The zero-order valence-corrected chi connectivity index (χ0v) is 17.6. The van der Waals surface area contributed by atoms with Crippen LogP contribution in [0.2, 0.25) is 0 Å². The average Bonchev–Trinajstić information content (AvgIpc) is 2.82. The number of methoxy groups -OCH3 is 1. The highest BCUT2D eigenvalue weighted by Crippen LogP contribution is 2.25. The third kappa shape index (κ3) is 6.46. The molecule has 3 amide bonds. The molecule has 32 heavy (non-hydrogen) atoms. The van der Waals surface area contributed by atoms with Crippen molar-refractivity contribution < 1.29 is 23.5 Å². The van der Waals surface area contributed by atoms with Gasteiger partial charge in [-0.05, 0) is 42.5 Å². The third-order valence-corrected chi connectivity index (χ3v) is 4.52. The topological polar surface area (TPSA) is 88.7 Å². The molecule has 0 aromatic heterocycles. The fraction of sp³-hybridized carbons (Fsp3) is 0.167. The number of nitrogens with one attached hydrogen (secondary N) is 3. The molecule has 0 aliphatic heterocycles. The van der Waals surface area contributed by atoms with Crippen molar-refractivity contribution in [1.82, 2.24) is 10.6 Å². The number of halogens is 1. The van der Waals surface area contributed by atoms with Gasteiger partial charge in [0.05, 0.1) is 13.7 Å². The molecular formula is C24H24FN3O4. The Morgan fingerprint density at radius 1 is 0.875 bits per heavy atom. The zero-order chi connectivity index (χ0) is 22.8. The van der Waals surface area contributed by atoms with E-state index in [-0.39, 0.29) is 24.9 Å². The number of hydrogen-bond acceptors (Lipinski definition) is 4. The van der Waals surface area contributed by atoms with Crippen LogP contribution in [-0.4, -0.2) is 32.2 Å². The predicted octanol–water partition coefficient (Wildman–Crippen LogP) is 3.96. The number of amides is 3. The summed E-state index contributed by atoms with van der Waals surface area (Å²) in [6.07, 6.45) is 0. The minimum absolute atomic E-state index is 0.0881. The largest absolute Gasteiger partial charge is 0.493 e. The number of ether oxygens (including phenoxy) is 2. The van der Waals surface area contributed by atoms with Crippen LogP contribution in [0, 0.1) is 5.82 Å². The highest BCUT2D eigenvalue weighted by Gasteiger charge is 2.08. The Bertz CT molecular complexity index is 1060. The van der Waals surface area contributed by atoms with Gasteiger partial charge in [0.25, 0.3) is 5.91 Å². The molecule has 3 N–H and O–H groups in total. The zero-order valence-electron chi connectivity index (χ0n) is 17.6. The number of anilines is 1. The molecule has 0 aliphatic rings. The molecule has 0 saturated carbocycles. The molecule has 3 aromatic carbocycles. The normalized spacial score (nSPS) is 10.2. The maximum Gasteiger partial charge on any atom is 0.319 e. The van der Waals surface area contributed by atoms with Crippen LogP contribution in [-0.2, 0) is 6.54 Å². The highest BCUT2D eigenvalue weighted by molar-refractivity contribution is 5.95. The van der Waals surface area contributed by atoms with Crippen LogP contribution in [0.1, 0.15) is 15.9 Å². The van der Waals surface area contributed by atoms with Crippen LogP contribution in [0.5, 0.6) is 11.5 Å². The molecule has 166 valence electrons. The van der Waals surface area contributed by atoms with E-state index in [9.17, 15) is 14.0 Å². The van der Waals surface area contributed by atoms with Crippen LogP contribution >= 0.6 is 0 Å². The number of benzene rings is 3. The van der Waals surface area contributed by atoms with Gasteiger partial charge in [0.1, 0.15) is 12.4 Å². The second-order valence-electron chi connectivity index (χ2n) is 6.73. The van der Waals surface area contributed by atoms with Gasteiger partial charge in [-0.15, -0.1) is 0 Å². The maximum absolute atomic E-state index is 13.6. The van der Waals surface area contributed by atoms with Crippen molar-refractivity contribution in [3.05, 3.63) is 89.7 Å². The predicted molar refractivity (Wildman–Crippen MR) is 120 cm³/mol.